The second-order valence-corrected chi connectivity index (χ2v) is 9.83. The summed E-state index contributed by atoms with van der Waals surface area (Å²) in [5, 5.41) is 4.62. The minimum absolute atomic E-state index is 0.0465. The lowest BCUT2D eigenvalue weighted by molar-refractivity contribution is 0.341. The summed E-state index contributed by atoms with van der Waals surface area (Å²) in [6.07, 6.45) is 5.26. The molecule has 4 rings (SSSR count). The molecule has 0 unspecified atom stereocenters. The zero-order chi connectivity index (χ0) is 22.9. The molecule has 1 aliphatic rings. The summed E-state index contributed by atoms with van der Waals surface area (Å²) in [7, 11) is -3.72. The molecule has 1 aliphatic carbocycles. The average Bonchev–Trinajstić information content (AvgIpc) is 3.36. The number of hydrogen-bond acceptors (Lipinski definition) is 6. The van der Waals surface area contributed by atoms with Gasteiger partial charge in [0.15, 0.2) is 11.3 Å². The van der Waals surface area contributed by atoms with E-state index in [0.29, 0.717) is 41.4 Å². The van der Waals surface area contributed by atoms with Crippen LogP contribution in [-0.2, 0) is 16.4 Å². The monoisotopic (exact) mass is 459 g/mol. The quantitative estimate of drug-likeness (QED) is 0.535. The highest BCUT2D eigenvalue weighted by Gasteiger charge is 2.25. The van der Waals surface area contributed by atoms with Crippen LogP contribution < -0.4 is 15.0 Å². The fourth-order valence-corrected chi connectivity index (χ4v) is 5.55. The highest BCUT2D eigenvalue weighted by molar-refractivity contribution is 7.89. The number of benzene rings is 1. The van der Waals surface area contributed by atoms with Crippen LogP contribution in [0.15, 0.2) is 27.9 Å². The van der Waals surface area contributed by atoms with Crippen LogP contribution in [0.4, 0.5) is 0 Å². The molecule has 1 fully saturated rings. The lowest BCUT2D eigenvalue weighted by Crippen LogP contribution is -2.32. The van der Waals surface area contributed by atoms with Crippen LogP contribution in [0.5, 0.6) is 5.75 Å². The van der Waals surface area contributed by atoms with Crippen LogP contribution in [0.25, 0.3) is 16.9 Å². The van der Waals surface area contributed by atoms with Crippen molar-refractivity contribution >= 4 is 15.5 Å². The summed E-state index contributed by atoms with van der Waals surface area (Å²) in [6, 6.07) is 4.59. The Labute approximate surface area is 187 Å². The van der Waals surface area contributed by atoms with E-state index in [4.69, 9.17) is 4.74 Å². The molecule has 0 saturated heterocycles. The number of hydrogen-bond donors (Lipinski definition) is 2. The van der Waals surface area contributed by atoms with E-state index in [2.05, 4.69) is 19.8 Å². The van der Waals surface area contributed by atoms with Crippen molar-refractivity contribution in [2.75, 3.05) is 6.61 Å². The largest absolute Gasteiger partial charge is 0.493 e. The third-order valence-electron chi connectivity index (χ3n) is 5.71. The standard InChI is InChI=1S/C22H29N5O4S/c1-4-8-19-23-14(3)20-22(28)24-21(25-27(19)20)17-13-16(11-12-18(17)31-5-2)32(29,30)26-15-9-6-7-10-15/h11-13,15,26H,4-10H2,1-3H3,(H,24,25,28). The first-order valence-electron chi connectivity index (χ1n) is 11.1. The summed E-state index contributed by atoms with van der Waals surface area (Å²) in [6.45, 7) is 6.03. The van der Waals surface area contributed by atoms with Crippen molar-refractivity contribution < 1.29 is 13.2 Å². The smallest absolute Gasteiger partial charge is 0.277 e. The van der Waals surface area contributed by atoms with E-state index in [1.54, 1.807) is 17.5 Å². The summed E-state index contributed by atoms with van der Waals surface area (Å²) >= 11 is 0. The first kappa shape index (κ1) is 22.5. The Morgan fingerprint density at radius 3 is 2.69 bits per heavy atom. The molecule has 1 aromatic carbocycles. The van der Waals surface area contributed by atoms with E-state index in [0.717, 1.165) is 32.1 Å². The molecule has 9 nitrogen and oxygen atoms in total. The molecule has 32 heavy (non-hydrogen) atoms. The number of ether oxygens (including phenoxy) is 1. The van der Waals surface area contributed by atoms with Gasteiger partial charge in [-0.15, -0.1) is 5.10 Å². The van der Waals surface area contributed by atoms with Crippen molar-refractivity contribution in [3.63, 3.8) is 0 Å². The number of H-pyrrole nitrogens is 1. The third-order valence-corrected chi connectivity index (χ3v) is 7.23. The van der Waals surface area contributed by atoms with Gasteiger partial charge >= 0.3 is 0 Å². The summed E-state index contributed by atoms with van der Waals surface area (Å²) < 4.78 is 36.1. The number of rotatable bonds is 8. The van der Waals surface area contributed by atoms with Crippen LogP contribution in [-0.4, -0.2) is 40.6 Å². The minimum Gasteiger partial charge on any atom is -0.493 e. The average molecular weight is 460 g/mol. The Balaban J connectivity index is 1.84. The predicted molar refractivity (Wildman–Crippen MR) is 122 cm³/mol. The highest BCUT2D eigenvalue weighted by atomic mass is 32.2. The molecule has 2 N–H and O–H groups in total. The van der Waals surface area contributed by atoms with E-state index in [9.17, 15) is 13.2 Å². The zero-order valence-corrected chi connectivity index (χ0v) is 19.5. The lowest BCUT2D eigenvalue weighted by Gasteiger charge is -2.15. The molecule has 0 aliphatic heterocycles. The molecule has 3 aromatic rings. The van der Waals surface area contributed by atoms with Gasteiger partial charge in [0.05, 0.1) is 22.8 Å². The number of sulfonamides is 1. The predicted octanol–water partition coefficient (Wildman–Crippen LogP) is 2.97. The first-order valence-corrected chi connectivity index (χ1v) is 12.6. The van der Waals surface area contributed by atoms with Crippen LogP contribution >= 0.6 is 0 Å². The number of nitrogens with zero attached hydrogens (tertiary/aromatic N) is 3. The maximum Gasteiger partial charge on any atom is 0.277 e. The topological polar surface area (TPSA) is 118 Å². The van der Waals surface area contributed by atoms with Gasteiger partial charge in [-0.25, -0.2) is 22.6 Å². The molecule has 2 aromatic heterocycles. The molecule has 0 atom stereocenters. The summed E-state index contributed by atoms with van der Waals surface area (Å²) in [5.74, 6) is 1.37. The first-order chi connectivity index (χ1) is 15.3. The van der Waals surface area contributed by atoms with Gasteiger partial charge < -0.3 is 9.72 Å². The molecule has 0 spiro atoms. The number of aromatic amines is 1. The van der Waals surface area contributed by atoms with Gasteiger partial charge in [0.25, 0.3) is 5.56 Å². The second-order valence-electron chi connectivity index (χ2n) is 8.12. The van der Waals surface area contributed by atoms with E-state index < -0.39 is 10.0 Å². The molecular weight excluding hydrogens is 430 g/mol. The van der Waals surface area contributed by atoms with Crippen molar-refractivity contribution in [2.45, 2.75) is 70.2 Å². The molecule has 1 saturated carbocycles. The number of aryl methyl sites for hydroxylation is 2. The zero-order valence-electron chi connectivity index (χ0n) is 18.6. The van der Waals surface area contributed by atoms with Crippen LogP contribution in [0, 0.1) is 6.92 Å². The van der Waals surface area contributed by atoms with Crippen LogP contribution in [0.2, 0.25) is 0 Å². The van der Waals surface area contributed by atoms with Gasteiger partial charge in [0, 0.05) is 12.5 Å². The van der Waals surface area contributed by atoms with E-state index in [1.807, 2.05) is 13.8 Å². The number of nitrogens with one attached hydrogen (secondary N) is 2. The van der Waals surface area contributed by atoms with E-state index >= 15 is 0 Å². The van der Waals surface area contributed by atoms with Gasteiger partial charge in [0.2, 0.25) is 10.0 Å². The Kier molecular flexibility index (Phi) is 6.34. The van der Waals surface area contributed by atoms with Crippen molar-refractivity contribution in [1.29, 1.82) is 0 Å². The maximum absolute atomic E-state index is 13.0. The number of aromatic nitrogens is 4. The normalized spacial score (nSPS) is 15.0. The molecule has 0 bridgehead atoms. The fraction of sp³-hybridized carbons (Fsp3) is 0.500. The van der Waals surface area contributed by atoms with Crippen LogP contribution in [0.3, 0.4) is 0 Å². The Bertz CT molecular complexity index is 1290. The number of imidazole rings is 1. The molecular formula is C22H29N5O4S. The van der Waals surface area contributed by atoms with Crippen molar-refractivity contribution in [3.05, 3.63) is 40.1 Å². The number of fused-ring (bicyclic) bond motifs is 1. The maximum atomic E-state index is 13.0. The highest BCUT2D eigenvalue weighted by Crippen LogP contribution is 2.31. The summed E-state index contributed by atoms with van der Waals surface area (Å²) in [4.78, 5) is 20.3. The minimum atomic E-state index is -3.72. The molecule has 172 valence electrons. The lowest BCUT2D eigenvalue weighted by atomic mass is 10.2. The summed E-state index contributed by atoms with van der Waals surface area (Å²) in [5.41, 5.74) is 1.08. The van der Waals surface area contributed by atoms with Crippen molar-refractivity contribution in [1.82, 2.24) is 24.3 Å². The van der Waals surface area contributed by atoms with E-state index in [1.165, 1.54) is 12.1 Å². The van der Waals surface area contributed by atoms with Crippen LogP contribution in [0.1, 0.15) is 57.5 Å². The van der Waals surface area contributed by atoms with Gasteiger partial charge in [-0.05, 0) is 51.3 Å². The fourth-order valence-electron chi connectivity index (χ4n) is 4.22. The van der Waals surface area contributed by atoms with Gasteiger partial charge in [-0.3, -0.25) is 4.79 Å². The second kappa shape index (κ2) is 9.03. The van der Waals surface area contributed by atoms with E-state index in [-0.39, 0.29) is 22.3 Å². The Morgan fingerprint density at radius 1 is 1.25 bits per heavy atom. The Morgan fingerprint density at radius 2 is 2.00 bits per heavy atom. The Hall–Kier alpha value is -2.72. The van der Waals surface area contributed by atoms with Crippen molar-refractivity contribution in [3.8, 4) is 17.1 Å². The van der Waals surface area contributed by atoms with Gasteiger partial charge in [-0.2, -0.15) is 0 Å². The van der Waals surface area contributed by atoms with Gasteiger partial charge in [-0.1, -0.05) is 19.8 Å². The third kappa shape index (κ3) is 4.29. The van der Waals surface area contributed by atoms with Crippen molar-refractivity contribution in [2.24, 2.45) is 0 Å². The van der Waals surface area contributed by atoms with Gasteiger partial charge in [0.1, 0.15) is 11.6 Å². The molecule has 10 heteroatoms. The molecule has 0 amide bonds. The molecule has 2 heterocycles. The molecule has 0 radical (unpaired) electrons. The SMILES string of the molecule is CCCc1nc(C)c2c(=O)[nH]c(-c3cc(S(=O)(=O)NC4CCCC4)ccc3OCC)nn12.